The van der Waals surface area contributed by atoms with Gasteiger partial charge in [-0.05, 0) is 35.5 Å². The Balaban J connectivity index is 1.69. The van der Waals surface area contributed by atoms with Crippen molar-refractivity contribution in [2.24, 2.45) is 0 Å². The highest BCUT2D eigenvalue weighted by atomic mass is 28.4. The SMILES string of the molecule is C[Si](O)(C1CCCCC1)C1CC1c1ccccc1. The third-order valence-corrected chi connectivity index (χ3v) is 9.57. The molecule has 0 aliphatic heterocycles. The van der Waals surface area contributed by atoms with E-state index in [9.17, 15) is 4.80 Å². The van der Waals surface area contributed by atoms with Crippen LogP contribution in [0.15, 0.2) is 30.3 Å². The molecule has 2 fully saturated rings. The second kappa shape index (κ2) is 4.82. The van der Waals surface area contributed by atoms with Crippen LogP contribution in [0, 0.1) is 0 Å². The van der Waals surface area contributed by atoms with E-state index in [-0.39, 0.29) is 0 Å². The lowest BCUT2D eigenvalue weighted by Crippen LogP contribution is -2.38. The predicted molar refractivity (Wildman–Crippen MR) is 78.2 cm³/mol. The number of hydrogen-bond acceptors (Lipinski definition) is 1. The summed E-state index contributed by atoms with van der Waals surface area (Å²) < 4.78 is 0. The first-order valence-electron chi connectivity index (χ1n) is 7.47. The zero-order valence-electron chi connectivity index (χ0n) is 11.3. The topological polar surface area (TPSA) is 20.2 Å². The smallest absolute Gasteiger partial charge is 0.192 e. The summed E-state index contributed by atoms with van der Waals surface area (Å²) in [5.41, 5.74) is 2.75. The molecule has 1 aromatic rings. The summed E-state index contributed by atoms with van der Waals surface area (Å²) in [6.45, 7) is 2.23. The number of hydrogen-bond donors (Lipinski definition) is 1. The van der Waals surface area contributed by atoms with Crippen LogP contribution in [-0.4, -0.2) is 13.1 Å². The molecule has 98 valence electrons. The summed E-state index contributed by atoms with van der Waals surface area (Å²) >= 11 is 0. The molecule has 0 heterocycles. The van der Waals surface area contributed by atoms with E-state index in [4.69, 9.17) is 0 Å². The summed E-state index contributed by atoms with van der Waals surface area (Å²) in [4.78, 5) is 11.0. The van der Waals surface area contributed by atoms with Crippen molar-refractivity contribution < 1.29 is 4.80 Å². The Hall–Kier alpha value is -0.603. The zero-order chi connectivity index (χ0) is 12.6. The Bertz CT molecular complexity index is 395. The second-order valence-electron chi connectivity index (χ2n) is 6.42. The lowest BCUT2D eigenvalue weighted by atomic mass is 10.0. The molecule has 2 saturated carbocycles. The average Bonchev–Trinajstić information content (AvgIpc) is 3.22. The van der Waals surface area contributed by atoms with Crippen LogP contribution in [0.4, 0.5) is 0 Å². The highest BCUT2D eigenvalue weighted by Crippen LogP contribution is 2.61. The molecule has 3 rings (SSSR count). The van der Waals surface area contributed by atoms with E-state index in [1.165, 1.54) is 44.1 Å². The van der Waals surface area contributed by atoms with Gasteiger partial charge in [-0.25, -0.2) is 0 Å². The van der Waals surface area contributed by atoms with Gasteiger partial charge in [0.15, 0.2) is 8.32 Å². The minimum atomic E-state index is -2.01. The van der Waals surface area contributed by atoms with E-state index >= 15 is 0 Å². The molecular weight excluding hydrogens is 236 g/mol. The van der Waals surface area contributed by atoms with E-state index in [1.807, 2.05) is 0 Å². The van der Waals surface area contributed by atoms with Gasteiger partial charge in [-0.15, -0.1) is 0 Å². The van der Waals surface area contributed by atoms with Gasteiger partial charge >= 0.3 is 0 Å². The monoisotopic (exact) mass is 260 g/mol. The lowest BCUT2D eigenvalue weighted by molar-refractivity contribution is 0.426. The van der Waals surface area contributed by atoms with Gasteiger partial charge in [0.2, 0.25) is 0 Å². The average molecular weight is 260 g/mol. The normalized spacial score (nSPS) is 31.9. The first-order chi connectivity index (χ1) is 8.69. The largest absolute Gasteiger partial charge is 0.431 e. The highest BCUT2D eigenvalue weighted by Gasteiger charge is 2.55. The first kappa shape index (κ1) is 12.4. The van der Waals surface area contributed by atoms with Gasteiger partial charge in [-0.3, -0.25) is 0 Å². The third-order valence-electron chi connectivity index (χ3n) is 5.20. The summed E-state index contributed by atoms with van der Waals surface area (Å²) in [6.07, 6.45) is 7.88. The Morgan fingerprint density at radius 2 is 1.72 bits per heavy atom. The Labute approximate surface area is 111 Å². The fraction of sp³-hybridized carbons (Fsp3) is 0.625. The summed E-state index contributed by atoms with van der Waals surface area (Å²) in [5, 5.41) is 0. The van der Waals surface area contributed by atoms with Crippen LogP contribution >= 0.6 is 0 Å². The van der Waals surface area contributed by atoms with Crippen LogP contribution in [0.3, 0.4) is 0 Å². The molecule has 0 bridgehead atoms. The highest BCUT2D eigenvalue weighted by molar-refractivity contribution is 6.75. The number of benzene rings is 1. The minimum Gasteiger partial charge on any atom is -0.431 e. The fourth-order valence-electron chi connectivity index (χ4n) is 3.90. The van der Waals surface area contributed by atoms with Crippen molar-refractivity contribution in [2.75, 3.05) is 0 Å². The molecule has 3 atom stereocenters. The summed E-state index contributed by atoms with van der Waals surface area (Å²) in [5.74, 6) is 0.662. The summed E-state index contributed by atoms with van der Waals surface area (Å²) in [7, 11) is -2.01. The van der Waals surface area contributed by atoms with E-state index in [2.05, 4.69) is 36.9 Å². The molecule has 0 radical (unpaired) electrons. The summed E-state index contributed by atoms with van der Waals surface area (Å²) in [6, 6.07) is 10.8. The number of rotatable bonds is 3. The molecule has 0 saturated heterocycles. The molecule has 0 amide bonds. The molecule has 18 heavy (non-hydrogen) atoms. The first-order valence-corrected chi connectivity index (χ1v) is 10.1. The molecule has 0 aromatic heterocycles. The van der Waals surface area contributed by atoms with Crippen molar-refractivity contribution in [3.05, 3.63) is 35.9 Å². The third kappa shape index (κ3) is 2.28. The molecule has 1 nitrogen and oxygen atoms in total. The predicted octanol–water partition coefficient (Wildman–Crippen LogP) is 4.45. The van der Waals surface area contributed by atoms with Crippen molar-refractivity contribution in [2.45, 2.75) is 62.1 Å². The molecule has 3 unspecified atom stereocenters. The van der Waals surface area contributed by atoms with Crippen LogP contribution < -0.4 is 0 Å². The van der Waals surface area contributed by atoms with Crippen molar-refractivity contribution in [1.29, 1.82) is 0 Å². The van der Waals surface area contributed by atoms with E-state index in [0.29, 0.717) is 17.0 Å². The van der Waals surface area contributed by atoms with Gasteiger partial charge in [-0.1, -0.05) is 62.4 Å². The molecule has 1 N–H and O–H groups in total. The van der Waals surface area contributed by atoms with E-state index in [0.717, 1.165) is 0 Å². The van der Waals surface area contributed by atoms with Gasteiger partial charge in [0.25, 0.3) is 0 Å². The zero-order valence-corrected chi connectivity index (χ0v) is 12.3. The second-order valence-corrected chi connectivity index (χ2v) is 10.4. The van der Waals surface area contributed by atoms with Crippen molar-refractivity contribution in [3.8, 4) is 0 Å². The van der Waals surface area contributed by atoms with Gasteiger partial charge in [0.1, 0.15) is 0 Å². The van der Waals surface area contributed by atoms with E-state index < -0.39 is 8.32 Å². The van der Waals surface area contributed by atoms with Crippen molar-refractivity contribution in [3.63, 3.8) is 0 Å². The maximum absolute atomic E-state index is 11.0. The lowest BCUT2D eigenvalue weighted by Gasteiger charge is -2.34. The molecule has 2 aliphatic rings. The van der Waals surface area contributed by atoms with Crippen LogP contribution in [0.2, 0.25) is 17.6 Å². The van der Waals surface area contributed by atoms with Crippen LogP contribution in [0.1, 0.15) is 50.0 Å². The Morgan fingerprint density at radius 3 is 2.39 bits per heavy atom. The molecule has 1 aromatic carbocycles. The maximum atomic E-state index is 11.0. The van der Waals surface area contributed by atoms with E-state index in [1.54, 1.807) is 0 Å². The molecular formula is C16H24OSi. The van der Waals surface area contributed by atoms with Crippen molar-refractivity contribution >= 4 is 8.32 Å². The quantitative estimate of drug-likeness (QED) is 0.796. The van der Waals surface area contributed by atoms with Crippen molar-refractivity contribution in [1.82, 2.24) is 0 Å². The Kier molecular flexibility index (Phi) is 3.33. The van der Waals surface area contributed by atoms with Gasteiger partial charge in [-0.2, -0.15) is 0 Å². The fourth-order valence-corrected chi connectivity index (χ4v) is 7.82. The minimum absolute atomic E-state index is 0.628. The molecule has 0 spiro atoms. The molecule has 2 heteroatoms. The van der Waals surface area contributed by atoms with Gasteiger partial charge in [0.05, 0.1) is 0 Å². The molecule has 2 aliphatic carbocycles. The van der Waals surface area contributed by atoms with Crippen LogP contribution in [-0.2, 0) is 0 Å². The van der Waals surface area contributed by atoms with Gasteiger partial charge in [0, 0.05) is 0 Å². The van der Waals surface area contributed by atoms with Gasteiger partial charge < -0.3 is 4.80 Å². The standard InChI is InChI=1S/C16H24OSi/c1-18(17,14-10-6-3-7-11-14)16-12-15(16)13-8-4-2-5-9-13/h2,4-5,8-9,14-17H,3,6-7,10-12H2,1H3. The Morgan fingerprint density at radius 1 is 1.06 bits per heavy atom. The van der Waals surface area contributed by atoms with Crippen LogP contribution in [0.25, 0.3) is 0 Å². The maximum Gasteiger partial charge on any atom is 0.192 e. The van der Waals surface area contributed by atoms with Crippen LogP contribution in [0.5, 0.6) is 0 Å².